The minimum absolute atomic E-state index is 0.0303. The molecule has 6 nitrogen and oxygen atoms in total. The van der Waals surface area contributed by atoms with Crippen molar-refractivity contribution in [3.63, 3.8) is 0 Å². The van der Waals surface area contributed by atoms with Crippen LogP contribution >= 0.6 is 11.6 Å². The molecule has 144 valence electrons. The molecule has 0 atom stereocenters. The fourth-order valence-corrected chi connectivity index (χ4v) is 3.21. The van der Waals surface area contributed by atoms with Gasteiger partial charge in [-0.25, -0.2) is 9.97 Å². The van der Waals surface area contributed by atoms with Gasteiger partial charge in [0.15, 0.2) is 0 Å². The first-order chi connectivity index (χ1) is 14.0. The summed E-state index contributed by atoms with van der Waals surface area (Å²) in [5, 5.41) is 4.01. The van der Waals surface area contributed by atoms with Gasteiger partial charge in [-0.3, -0.25) is 14.2 Å². The average molecular weight is 405 g/mol. The van der Waals surface area contributed by atoms with E-state index in [1.165, 1.54) is 4.57 Å². The number of aromatic nitrogens is 3. The van der Waals surface area contributed by atoms with Crippen molar-refractivity contribution in [1.82, 2.24) is 14.5 Å². The number of aryl methyl sites for hydroxylation is 1. The number of benzene rings is 1. The van der Waals surface area contributed by atoms with Crippen molar-refractivity contribution >= 4 is 34.4 Å². The first-order valence-electron chi connectivity index (χ1n) is 8.99. The summed E-state index contributed by atoms with van der Waals surface area (Å²) >= 11 is 5.96. The monoisotopic (exact) mass is 404 g/mol. The van der Waals surface area contributed by atoms with Crippen LogP contribution in [0.25, 0.3) is 11.0 Å². The van der Waals surface area contributed by atoms with Crippen molar-refractivity contribution < 1.29 is 4.79 Å². The number of nitrogens with one attached hydrogen (secondary N) is 1. The molecule has 0 fully saturated rings. The molecule has 1 N–H and O–H groups in total. The largest absolute Gasteiger partial charge is 0.306 e. The molecule has 4 aromatic rings. The molecule has 0 radical (unpaired) electrons. The van der Waals surface area contributed by atoms with Gasteiger partial charge < -0.3 is 5.32 Å². The fourth-order valence-electron chi connectivity index (χ4n) is 3.08. The lowest BCUT2D eigenvalue weighted by Crippen LogP contribution is -2.30. The molecule has 1 aromatic carbocycles. The van der Waals surface area contributed by atoms with Gasteiger partial charge in [-0.15, -0.1) is 0 Å². The molecule has 29 heavy (non-hydrogen) atoms. The Bertz CT molecular complexity index is 1270. The van der Waals surface area contributed by atoms with Crippen molar-refractivity contribution in [2.24, 2.45) is 0 Å². The van der Waals surface area contributed by atoms with E-state index < -0.39 is 11.5 Å². The Labute approximate surface area is 171 Å². The smallest absolute Gasteiger partial charge is 0.265 e. The SMILES string of the molecule is Cc1cccc(NC(=O)c2cc3cccnc3n(Cc3ccc(Cl)cc3)c2=O)n1. The number of rotatable bonds is 4. The number of carbonyl (C=O) groups is 1. The van der Waals surface area contributed by atoms with Gasteiger partial charge in [0, 0.05) is 22.3 Å². The van der Waals surface area contributed by atoms with Crippen LogP contribution in [0.5, 0.6) is 0 Å². The van der Waals surface area contributed by atoms with E-state index >= 15 is 0 Å². The highest BCUT2D eigenvalue weighted by molar-refractivity contribution is 6.30. The topological polar surface area (TPSA) is 76.9 Å². The highest BCUT2D eigenvalue weighted by Gasteiger charge is 2.17. The molecule has 4 rings (SSSR count). The number of hydrogen-bond acceptors (Lipinski definition) is 4. The summed E-state index contributed by atoms with van der Waals surface area (Å²) in [6, 6.07) is 17.7. The first kappa shape index (κ1) is 18.8. The van der Waals surface area contributed by atoms with Crippen LogP contribution in [0.15, 0.2) is 71.7 Å². The van der Waals surface area contributed by atoms with E-state index in [-0.39, 0.29) is 12.1 Å². The average Bonchev–Trinajstić information content (AvgIpc) is 2.71. The lowest BCUT2D eigenvalue weighted by atomic mass is 10.1. The molecule has 0 aliphatic carbocycles. The second kappa shape index (κ2) is 7.85. The lowest BCUT2D eigenvalue weighted by molar-refractivity contribution is 0.102. The molecular formula is C22H17ClN4O2. The summed E-state index contributed by atoms with van der Waals surface area (Å²) in [6.07, 6.45) is 1.62. The first-order valence-corrected chi connectivity index (χ1v) is 9.37. The van der Waals surface area contributed by atoms with E-state index in [0.29, 0.717) is 21.9 Å². The number of fused-ring (bicyclic) bond motifs is 1. The number of halogens is 1. The van der Waals surface area contributed by atoms with Crippen LogP contribution in [-0.2, 0) is 6.54 Å². The zero-order chi connectivity index (χ0) is 20.4. The molecule has 0 aliphatic heterocycles. The second-order valence-corrected chi connectivity index (χ2v) is 7.05. The Kier molecular flexibility index (Phi) is 5.10. The van der Waals surface area contributed by atoms with Gasteiger partial charge in [0.1, 0.15) is 17.0 Å². The normalized spacial score (nSPS) is 10.8. The summed E-state index contributed by atoms with van der Waals surface area (Å²) < 4.78 is 1.50. The summed E-state index contributed by atoms with van der Waals surface area (Å²) in [5.41, 5.74) is 1.77. The van der Waals surface area contributed by atoms with Gasteiger partial charge in [0.25, 0.3) is 11.5 Å². The number of nitrogens with zero attached hydrogens (tertiary/aromatic N) is 3. The third kappa shape index (κ3) is 4.02. The molecule has 3 heterocycles. The Morgan fingerprint density at radius 3 is 2.66 bits per heavy atom. The summed E-state index contributed by atoms with van der Waals surface area (Å²) in [5.74, 6) is -0.117. The van der Waals surface area contributed by atoms with E-state index in [1.807, 2.05) is 31.2 Å². The highest BCUT2D eigenvalue weighted by atomic mass is 35.5. The lowest BCUT2D eigenvalue weighted by Gasteiger charge is -2.12. The predicted molar refractivity (Wildman–Crippen MR) is 113 cm³/mol. The van der Waals surface area contributed by atoms with Crippen molar-refractivity contribution in [3.8, 4) is 0 Å². The zero-order valence-electron chi connectivity index (χ0n) is 15.6. The van der Waals surface area contributed by atoms with E-state index in [9.17, 15) is 9.59 Å². The van der Waals surface area contributed by atoms with Crippen LogP contribution in [0.1, 0.15) is 21.6 Å². The minimum atomic E-state index is -0.510. The Morgan fingerprint density at radius 2 is 1.90 bits per heavy atom. The molecular weight excluding hydrogens is 388 g/mol. The maximum atomic E-state index is 13.2. The van der Waals surface area contributed by atoms with Crippen LogP contribution in [-0.4, -0.2) is 20.4 Å². The van der Waals surface area contributed by atoms with Crippen LogP contribution in [0.4, 0.5) is 5.82 Å². The number of anilines is 1. The van der Waals surface area contributed by atoms with E-state index in [2.05, 4.69) is 15.3 Å². The third-order valence-electron chi connectivity index (χ3n) is 4.48. The number of amides is 1. The molecule has 0 bridgehead atoms. The standard InChI is InChI=1S/C22H17ClN4O2/c1-14-4-2-6-19(25-14)26-21(28)18-12-16-5-3-11-24-20(16)27(22(18)29)13-15-7-9-17(23)10-8-15/h2-12H,13H2,1H3,(H,25,26,28). The molecule has 0 spiro atoms. The van der Waals surface area contributed by atoms with E-state index in [1.54, 1.807) is 42.6 Å². The fraction of sp³-hybridized carbons (Fsp3) is 0.0909. The van der Waals surface area contributed by atoms with Crippen LogP contribution in [0, 0.1) is 6.92 Å². The molecule has 0 saturated carbocycles. The highest BCUT2D eigenvalue weighted by Crippen LogP contribution is 2.15. The van der Waals surface area contributed by atoms with Crippen molar-refractivity contribution in [2.45, 2.75) is 13.5 Å². The number of pyridine rings is 3. The van der Waals surface area contributed by atoms with Crippen LogP contribution in [0.2, 0.25) is 5.02 Å². The van der Waals surface area contributed by atoms with Gasteiger partial charge in [0.2, 0.25) is 0 Å². The quantitative estimate of drug-likeness (QED) is 0.556. The molecule has 0 saturated heterocycles. The number of hydrogen-bond donors (Lipinski definition) is 1. The molecule has 1 amide bonds. The molecule has 3 aromatic heterocycles. The summed E-state index contributed by atoms with van der Waals surface area (Å²) in [4.78, 5) is 34.6. The minimum Gasteiger partial charge on any atom is -0.306 e. The molecule has 0 unspecified atom stereocenters. The van der Waals surface area contributed by atoms with Gasteiger partial charge >= 0.3 is 0 Å². The Hall–Kier alpha value is -3.51. The Balaban J connectivity index is 1.78. The zero-order valence-corrected chi connectivity index (χ0v) is 16.3. The summed E-state index contributed by atoms with van der Waals surface area (Å²) in [6.45, 7) is 2.10. The van der Waals surface area contributed by atoms with Gasteiger partial charge in [-0.05, 0) is 55.0 Å². The van der Waals surface area contributed by atoms with Gasteiger partial charge in [0.05, 0.1) is 6.54 Å². The molecule has 0 aliphatic rings. The van der Waals surface area contributed by atoms with Crippen molar-refractivity contribution in [1.29, 1.82) is 0 Å². The summed E-state index contributed by atoms with van der Waals surface area (Å²) in [7, 11) is 0. The van der Waals surface area contributed by atoms with Crippen molar-refractivity contribution in [2.75, 3.05) is 5.32 Å². The molecule has 7 heteroatoms. The van der Waals surface area contributed by atoms with Crippen LogP contribution < -0.4 is 10.9 Å². The Morgan fingerprint density at radius 1 is 1.10 bits per heavy atom. The maximum Gasteiger partial charge on any atom is 0.265 e. The van der Waals surface area contributed by atoms with Gasteiger partial charge in [-0.1, -0.05) is 29.8 Å². The third-order valence-corrected chi connectivity index (χ3v) is 4.73. The number of carbonyl (C=O) groups excluding carboxylic acids is 1. The predicted octanol–water partition coefficient (Wildman–Crippen LogP) is 4.05. The second-order valence-electron chi connectivity index (χ2n) is 6.61. The van der Waals surface area contributed by atoms with E-state index in [4.69, 9.17) is 11.6 Å². The van der Waals surface area contributed by atoms with E-state index in [0.717, 1.165) is 11.3 Å². The van der Waals surface area contributed by atoms with Gasteiger partial charge in [-0.2, -0.15) is 0 Å². The van der Waals surface area contributed by atoms with Crippen molar-refractivity contribution in [3.05, 3.63) is 99.1 Å². The van der Waals surface area contributed by atoms with Crippen LogP contribution in [0.3, 0.4) is 0 Å². The maximum absolute atomic E-state index is 13.2.